The van der Waals surface area contributed by atoms with Gasteiger partial charge in [0.05, 0.1) is 12.2 Å². The van der Waals surface area contributed by atoms with Gasteiger partial charge in [-0.15, -0.1) is 0 Å². The SMILES string of the molecule is C[C@H](CN(c1ccccn1)S(=O)(=O)O)N1CCN(c2cccc3c2OCCO3)CC1. The zero-order chi connectivity index (χ0) is 21.1. The number of ether oxygens (including phenoxy) is 2. The molecule has 2 aromatic rings. The van der Waals surface area contributed by atoms with Crippen molar-refractivity contribution in [1.29, 1.82) is 0 Å². The second-order valence-electron chi connectivity index (χ2n) is 7.37. The minimum absolute atomic E-state index is 0.0969. The number of rotatable bonds is 6. The van der Waals surface area contributed by atoms with E-state index in [4.69, 9.17) is 9.47 Å². The fraction of sp³-hybridized carbons (Fsp3) is 0.450. The van der Waals surface area contributed by atoms with Gasteiger partial charge in [0.1, 0.15) is 19.0 Å². The first-order valence-electron chi connectivity index (χ1n) is 9.97. The zero-order valence-electron chi connectivity index (χ0n) is 16.8. The summed E-state index contributed by atoms with van der Waals surface area (Å²) in [5.41, 5.74) is 1.02. The summed E-state index contributed by atoms with van der Waals surface area (Å²) in [6.07, 6.45) is 1.50. The first-order chi connectivity index (χ1) is 14.4. The van der Waals surface area contributed by atoms with E-state index >= 15 is 0 Å². The highest BCUT2D eigenvalue weighted by molar-refractivity contribution is 7.87. The van der Waals surface area contributed by atoms with Crippen LogP contribution in [0.1, 0.15) is 6.92 Å². The van der Waals surface area contributed by atoms with Crippen molar-refractivity contribution in [3.05, 3.63) is 42.6 Å². The van der Waals surface area contributed by atoms with Gasteiger partial charge in [0.15, 0.2) is 11.5 Å². The van der Waals surface area contributed by atoms with Gasteiger partial charge in [0.2, 0.25) is 0 Å². The predicted octanol–water partition coefficient (Wildman–Crippen LogP) is 1.67. The van der Waals surface area contributed by atoms with Crippen molar-refractivity contribution in [3.63, 3.8) is 0 Å². The highest BCUT2D eigenvalue weighted by Gasteiger charge is 2.29. The van der Waals surface area contributed by atoms with Crippen molar-refractivity contribution in [1.82, 2.24) is 9.88 Å². The van der Waals surface area contributed by atoms with E-state index in [1.165, 1.54) is 6.20 Å². The fourth-order valence-electron chi connectivity index (χ4n) is 3.87. The van der Waals surface area contributed by atoms with Crippen LogP contribution >= 0.6 is 0 Å². The molecule has 3 heterocycles. The summed E-state index contributed by atoms with van der Waals surface area (Å²) >= 11 is 0. The van der Waals surface area contributed by atoms with Crippen LogP contribution in [0.4, 0.5) is 11.5 Å². The van der Waals surface area contributed by atoms with E-state index in [2.05, 4.69) is 14.8 Å². The van der Waals surface area contributed by atoms with Gasteiger partial charge >= 0.3 is 10.3 Å². The molecule has 0 amide bonds. The van der Waals surface area contributed by atoms with E-state index in [0.717, 1.165) is 47.7 Å². The topological polar surface area (TPSA) is 95.4 Å². The predicted molar refractivity (Wildman–Crippen MR) is 114 cm³/mol. The van der Waals surface area contributed by atoms with Gasteiger partial charge in [-0.1, -0.05) is 12.1 Å². The molecule has 0 bridgehead atoms. The van der Waals surface area contributed by atoms with Crippen LogP contribution in [0, 0.1) is 0 Å². The summed E-state index contributed by atoms with van der Waals surface area (Å²) < 4.78 is 46.0. The number of para-hydroxylation sites is 1. The van der Waals surface area contributed by atoms with Gasteiger partial charge in [-0.3, -0.25) is 9.45 Å². The Kier molecular flexibility index (Phi) is 5.98. The highest BCUT2D eigenvalue weighted by Crippen LogP contribution is 2.39. The number of fused-ring (bicyclic) bond motifs is 1. The van der Waals surface area contributed by atoms with E-state index < -0.39 is 10.3 Å². The molecule has 0 aliphatic carbocycles. The zero-order valence-corrected chi connectivity index (χ0v) is 17.7. The summed E-state index contributed by atoms with van der Waals surface area (Å²) in [6, 6.07) is 10.8. The maximum atomic E-state index is 11.9. The third kappa shape index (κ3) is 4.45. The van der Waals surface area contributed by atoms with Crippen LogP contribution < -0.4 is 18.7 Å². The molecule has 1 aromatic heterocycles. The van der Waals surface area contributed by atoms with Gasteiger partial charge in [-0.25, -0.2) is 9.29 Å². The van der Waals surface area contributed by atoms with Crippen molar-refractivity contribution in [2.75, 3.05) is 55.1 Å². The van der Waals surface area contributed by atoms with Crippen LogP contribution in [0.2, 0.25) is 0 Å². The lowest BCUT2D eigenvalue weighted by atomic mass is 10.2. The highest BCUT2D eigenvalue weighted by atomic mass is 32.2. The molecule has 4 rings (SSSR count). The van der Waals surface area contributed by atoms with Crippen LogP contribution in [-0.4, -0.2) is 74.8 Å². The summed E-state index contributed by atoms with van der Waals surface area (Å²) in [5.74, 6) is 1.77. The Labute approximate surface area is 176 Å². The van der Waals surface area contributed by atoms with Crippen molar-refractivity contribution in [3.8, 4) is 11.5 Å². The minimum Gasteiger partial charge on any atom is -0.486 e. The normalized spacial score (nSPS) is 18.1. The molecule has 0 unspecified atom stereocenters. The molecule has 2 aliphatic heterocycles. The Morgan fingerprint density at radius 1 is 1.10 bits per heavy atom. The van der Waals surface area contributed by atoms with Crippen LogP contribution in [0.5, 0.6) is 11.5 Å². The molecule has 0 radical (unpaired) electrons. The van der Waals surface area contributed by atoms with Gasteiger partial charge < -0.3 is 14.4 Å². The molecule has 0 spiro atoms. The third-order valence-corrected chi connectivity index (χ3v) is 6.33. The van der Waals surface area contributed by atoms with Crippen LogP contribution in [-0.2, 0) is 10.3 Å². The maximum absolute atomic E-state index is 11.9. The molecule has 162 valence electrons. The minimum atomic E-state index is -4.41. The van der Waals surface area contributed by atoms with E-state index in [0.29, 0.717) is 13.2 Å². The largest absolute Gasteiger partial charge is 0.486 e. The van der Waals surface area contributed by atoms with Crippen molar-refractivity contribution in [2.24, 2.45) is 0 Å². The molecule has 9 nitrogen and oxygen atoms in total. The van der Waals surface area contributed by atoms with Gasteiger partial charge in [-0.2, -0.15) is 8.42 Å². The van der Waals surface area contributed by atoms with Gasteiger partial charge in [0, 0.05) is 38.4 Å². The summed E-state index contributed by atoms with van der Waals surface area (Å²) in [7, 11) is -4.41. The van der Waals surface area contributed by atoms with Crippen LogP contribution in [0.3, 0.4) is 0 Å². The van der Waals surface area contributed by atoms with Gasteiger partial charge in [-0.05, 0) is 31.2 Å². The Bertz CT molecular complexity index is 964. The Hall–Kier alpha value is -2.56. The lowest BCUT2D eigenvalue weighted by Gasteiger charge is -2.40. The second kappa shape index (κ2) is 8.66. The summed E-state index contributed by atoms with van der Waals surface area (Å²) in [6.45, 7) is 6.24. The molecular weight excluding hydrogens is 408 g/mol. The average Bonchev–Trinajstić information content (AvgIpc) is 2.77. The quantitative estimate of drug-likeness (QED) is 0.686. The van der Waals surface area contributed by atoms with E-state index in [9.17, 15) is 13.0 Å². The lowest BCUT2D eigenvalue weighted by Crippen LogP contribution is -2.53. The molecule has 10 heteroatoms. The second-order valence-corrected chi connectivity index (χ2v) is 8.71. The summed E-state index contributed by atoms with van der Waals surface area (Å²) in [4.78, 5) is 8.54. The standard InChI is InChI=1S/C20H26N4O5S/c1-16(15-24(30(25,26)27)19-7-2-3-8-21-19)22-9-11-23(12-10-22)17-5-4-6-18-20(17)29-14-13-28-18/h2-8,16H,9-15H2,1H3,(H,25,26,27)/t16-/m1/s1. The number of hydrogen-bond donors (Lipinski definition) is 1. The average molecular weight is 435 g/mol. The number of benzene rings is 1. The molecule has 2 aliphatic rings. The lowest BCUT2D eigenvalue weighted by molar-refractivity contribution is 0.170. The number of aromatic nitrogens is 1. The molecule has 30 heavy (non-hydrogen) atoms. The molecule has 1 N–H and O–H groups in total. The monoisotopic (exact) mass is 434 g/mol. The molecule has 0 saturated carbocycles. The summed E-state index contributed by atoms with van der Waals surface area (Å²) in [5, 5.41) is 0. The number of anilines is 2. The molecule has 1 saturated heterocycles. The number of piperazine rings is 1. The molecule has 1 aromatic carbocycles. The third-order valence-electron chi connectivity index (χ3n) is 5.44. The van der Waals surface area contributed by atoms with E-state index in [-0.39, 0.29) is 18.4 Å². The first-order valence-corrected chi connectivity index (χ1v) is 11.4. The van der Waals surface area contributed by atoms with Crippen molar-refractivity contribution >= 4 is 21.8 Å². The molecule has 1 atom stereocenters. The fourth-order valence-corrected chi connectivity index (χ4v) is 4.62. The number of hydrogen-bond acceptors (Lipinski definition) is 7. The van der Waals surface area contributed by atoms with Crippen LogP contribution in [0.25, 0.3) is 0 Å². The Balaban J connectivity index is 1.41. The van der Waals surface area contributed by atoms with Crippen LogP contribution in [0.15, 0.2) is 42.6 Å². The smallest absolute Gasteiger partial charge is 0.361 e. The van der Waals surface area contributed by atoms with E-state index in [1.807, 2.05) is 25.1 Å². The molecule has 1 fully saturated rings. The maximum Gasteiger partial charge on any atom is 0.361 e. The van der Waals surface area contributed by atoms with Crippen molar-refractivity contribution in [2.45, 2.75) is 13.0 Å². The van der Waals surface area contributed by atoms with Crippen molar-refractivity contribution < 1.29 is 22.4 Å². The molecular formula is C20H26N4O5S. The Morgan fingerprint density at radius 2 is 1.87 bits per heavy atom. The van der Waals surface area contributed by atoms with E-state index in [1.54, 1.807) is 18.2 Å². The number of pyridine rings is 1. The first kappa shape index (κ1) is 20.7. The van der Waals surface area contributed by atoms with Gasteiger partial charge in [0.25, 0.3) is 0 Å². The number of nitrogens with zero attached hydrogens (tertiary/aromatic N) is 4. The Morgan fingerprint density at radius 3 is 2.57 bits per heavy atom.